The minimum Gasteiger partial charge on any atom is -0.370 e. The lowest BCUT2D eigenvalue weighted by atomic mass is 9.75. The zero-order valence-electron chi connectivity index (χ0n) is 13.0. The number of nitrogens with zero attached hydrogens (tertiary/aromatic N) is 3. The minimum atomic E-state index is 0.214. The molecule has 1 aromatic carbocycles. The van der Waals surface area contributed by atoms with Crippen LogP contribution in [-0.4, -0.2) is 48.0 Å². The number of benzene rings is 1. The second-order valence-electron chi connectivity index (χ2n) is 6.43. The van der Waals surface area contributed by atoms with Gasteiger partial charge in [-0.15, -0.1) is 0 Å². The molecule has 0 unspecified atom stereocenters. The average molecular weight is 286 g/mol. The number of likely N-dealkylation sites (N-methyl/N-ethyl adjacent to an activating group) is 1. The van der Waals surface area contributed by atoms with Crippen molar-refractivity contribution in [2.45, 2.75) is 37.8 Å². The number of rotatable bonds is 5. The van der Waals surface area contributed by atoms with Crippen molar-refractivity contribution >= 4 is 5.96 Å². The summed E-state index contributed by atoms with van der Waals surface area (Å²) in [5.74, 6) is 0.737. The van der Waals surface area contributed by atoms with E-state index in [4.69, 9.17) is 5.73 Å². The first-order valence-corrected chi connectivity index (χ1v) is 8.00. The molecule has 0 amide bonds. The van der Waals surface area contributed by atoms with Crippen LogP contribution in [0.25, 0.3) is 0 Å². The minimum absolute atomic E-state index is 0.214. The summed E-state index contributed by atoms with van der Waals surface area (Å²) in [5, 5.41) is 0. The van der Waals surface area contributed by atoms with Crippen molar-refractivity contribution in [3.05, 3.63) is 35.9 Å². The Bertz CT molecular complexity index is 489. The Morgan fingerprint density at radius 2 is 1.95 bits per heavy atom. The highest BCUT2D eigenvalue weighted by molar-refractivity contribution is 5.78. The van der Waals surface area contributed by atoms with Gasteiger partial charge in [0.15, 0.2) is 5.96 Å². The number of likely N-dealkylation sites (tertiary alicyclic amines) is 1. The van der Waals surface area contributed by atoms with E-state index < -0.39 is 0 Å². The summed E-state index contributed by atoms with van der Waals surface area (Å²) >= 11 is 0. The lowest BCUT2D eigenvalue weighted by molar-refractivity contribution is 0.0399. The molecule has 2 N–H and O–H groups in total. The molecule has 1 heterocycles. The standard InChI is InChI=1S/C17H26N4/c1-20(13-15-7-3-2-4-8-15)17(9-5-10-17)14-19-16(18)21-11-6-12-21/h2-4,7-8H,5-6,9-14H2,1H3,(H2,18,19). The molecule has 2 fully saturated rings. The number of guanidine groups is 1. The normalized spacial score (nSPS) is 21.0. The number of hydrogen-bond acceptors (Lipinski definition) is 2. The zero-order chi connectivity index (χ0) is 14.7. The smallest absolute Gasteiger partial charge is 0.191 e. The van der Waals surface area contributed by atoms with E-state index in [0.29, 0.717) is 0 Å². The van der Waals surface area contributed by atoms with Crippen LogP contribution in [0.2, 0.25) is 0 Å². The van der Waals surface area contributed by atoms with Gasteiger partial charge in [-0.05, 0) is 38.3 Å². The largest absolute Gasteiger partial charge is 0.370 e. The van der Waals surface area contributed by atoms with Crippen LogP contribution in [0.5, 0.6) is 0 Å². The number of aliphatic imine (C=N–C) groups is 1. The van der Waals surface area contributed by atoms with Gasteiger partial charge in [-0.1, -0.05) is 30.3 Å². The van der Waals surface area contributed by atoms with Crippen LogP contribution in [0.1, 0.15) is 31.2 Å². The summed E-state index contributed by atoms with van der Waals surface area (Å²) in [7, 11) is 2.22. The average Bonchev–Trinajstić information content (AvgIpc) is 2.36. The lowest BCUT2D eigenvalue weighted by Crippen LogP contribution is -2.55. The third-order valence-electron chi connectivity index (χ3n) is 5.07. The molecule has 2 aliphatic rings. The van der Waals surface area contributed by atoms with Gasteiger partial charge in [-0.25, -0.2) is 0 Å². The molecule has 1 saturated carbocycles. The molecule has 4 heteroatoms. The van der Waals surface area contributed by atoms with Crippen molar-refractivity contribution in [2.75, 3.05) is 26.7 Å². The van der Waals surface area contributed by atoms with Crippen molar-refractivity contribution in [3.63, 3.8) is 0 Å². The van der Waals surface area contributed by atoms with E-state index in [1.54, 1.807) is 0 Å². The van der Waals surface area contributed by atoms with Crippen LogP contribution < -0.4 is 5.73 Å². The van der Waals surface area contributed by atoms with Gasteiger partial charge in [0.1, 0.15) is 0 Å². The Hall–Kier alpha value is -1.55. The SMILES string of the molecule is CN(Cc1ccccc1)C1(CN=C(N)N2CCC2)CCC1. The van der Waals surface area contributed by atoms with Gasteiger partial charge in [-0.2, -0.15) is 0 Å². The van der Waals surface area contributed by atoms with Gasteiger partial charge in [-0.3, -0.25) is 9.89 Å². The monoisotopic (exact) mass is 286 g/mol. The van der Waals surface area contributed by atoms with Crippen molar-refractivity contribution < 1.29 is 0 Å². The zero-order valence-corrected chi connectivity index (χ0v) is 13.0. The molecule has 1 aliphatic carbocycles. The quantitative estimate of drug-likeness (QED) is 0.665. The van der Waals surface area contributed by atoms with E-state index in [0.717, 1.165) is 32.1 Å². The maximum absolute atomic E-state index is 6.08. The summed E-state index contributed by atoms with van der Waals surface area (Å²) in [6, 6.07) is 10.7. The predicted octanol–water partition coefficient (Wildman–Crippen LogP) is 2.06. The molecule has 3 rings (SSSR count). The Kier molecular flexibility index (Phi) is 4.15. The topological polar surface area (TPSA) is 44.9 Å². The van der Waals surface area contributed by atoms with Crippen LogP contribution in [0.3, 0.4) is 0 Å². The van der Waals surface area contributed by atoms with Gasteiger partial charge in [0, 0.05) is 25.2 Å². The molecular weight excluding hydrogens is 260 g/mol. The molecular formula is C17H26N4. The third-order valence-corrected chi connectivity index (χ3v) is 5.07. The Morgan fingerprint density at radius 3 is 2.48 bits per heavy atom. The highest BCUT2D eigenvalue weighted by atomic mass is 15.3. The summed E-state index contributed by atoms with van der Waals surface area (Å²) < 4.78 is 0. The number of hydrogen-bond donors (Lipinski definition) is 1. The van der Waals surface area contributed by atoms with E-state index in [9.17, 15) is 0 Å². The van der Waals surface area contributed by atoms with E-state index in [1.807, 2.05) is 0 Å². The van der Waals surface area contributed by atoms with Crippen LogP contribution in [-0.2, 0) is 6.54 Å². The maximum Gasteiger partial charge on any atom is 0.191 e. The molecule has 21 heavy (non-hydrogen) atoms. The molecule has 1 saturated heterocycles. The first-order chi connectivity index (χ1) is 10.2. The summed E-state index contributed by atoms with van der Waals surface area (Å²) in [6.07, 6.45) is 5.01. The fourth-order valence-corrected chi connectivity index (χ4v) is 3.14. The summed E-state index contributed by atoms with van der Waals surface area (Å²) in [4.78, 5) is 9.32. The van der Waals surface area contributed by atoms with Crippen molar-refractivity contribution in [1.82, 2.24) is 9.80 Å². The Labute approximate surface area is 127 Å². The summed E-state index contributed by atoms with van der Waals surface area (Å²) in [5.41, 5.74) is 7.66. The third kappa shape index (κ3) is 3.05. The molecule has 1 aromatic rings. The first kappa shape index (κ1) is 14.4. The lowest BCUT2D eigenvalue weighted by Gasteiger charge is -2.48. The molecule has 114 valence electrons. The summed E-state index contributed by atoms with van der Waals surface area (Å²) in [6.45, 7) is 3.96. The van der Waals surface area contributed by atoms with Gasteiger partial charge in [0.2, 0.25) is 0 Å². The highest BCUT2D eigenvalue weighted by Gasteiger charge is 2.40. The maximum atomic E-state index is 6.08. The van der Waals surface area contributed by atoms with Crippen molar-refractivity contribution in [3.8, 4) is 0 Å². The van der Waals surface area contributed by atoms with Crippen LogP contribution in [0.15, 0.2) is 35.3 Å². The van der Waals surface area contributed by atoms with Gasteiger partial charge >= 0.3 is 0 Å². The predicted molar refractivity (Wildman–Crippen MR) is 87.2 cm³/mol. The fraction of sp³-hybridized carbons (Fsp3) is 0.588. The van der Waals surface area contributed by atoms with E-state index in [2.05, 4.69) is 52.2 Å². The second kappa shape index (κ2) is 6.06. The molecule has 0 aromatic heterocycles. The molecule has 0 atom stereocenters. The number of nitrogens with two attached hydrogens (primary N) is 1. The van der Waals surface area contributed by atoms with Crippen LogP contribution in [0.4, 0.5) is 0 Å². The second-order valence-corrected chi connectivity index (χ2v) is 6.43. The molecule has 0 bridgehead atoms. The highest BCUT2D eigenvalue weighted by Crippen LogP contribution is 2.38. The Balaban J connectivity index is 1.62. The molecule has 1 aliphatic heterocycles. The van der Waals surface area contributed by atoms with Gasteiger partial charge in [0.25, 0.3) is 0 Å². The van der Waals surface area contributed by atoms with Crippen LogP contribution >= 0.6 is 0 Å². The van der Waals surface area contributed by atoms with E-state index in [1.165, 1.54) is 31.2 Å². The first-order valence-electron chi connectivity index (χ1n) is 8.00. The van der Waals surface area contributed by atoms with E-state index >= 15 is 0 Å². The van der Waals surface area contributed by atoms with Gasteiger partial charge in [0.05, 0.1) is 6.54 Å². The molecule has 4 nitrogen and oxygen atoms in total. The van der Waals surface area contributed by atoms with Crippen LogP contribution in [0, 0.1) is 0 Å². The van der Waals surface area contributed by atoms with E-state index in [-0.39, 0.29) is 5.54 Å². The molecule has 0 radical (unpaired) electrons. The Morgan fingerprint density at radius 1 is 1.24 bits per heavy atom. The molecule has 0 spiro atoms. The van der Waals surface area contributed by atoms with Crippen molar-refractivity contribution in [1.29, 1.82) is 0 Å². The van der Waals surface area contributed by atoms with Gasteiger partial charge < -0.3 is 10.6 Å². The fourth-order valence-electron chi connectivity index (χ4n) is 3.14. The van der Waals surface area contributed by atoms with Crippen molar-refractivity contribution in [2.24, 2.45) is 10.7 Å².